The molecule has 1 aliphatic heterocycles. The minimum absolute atomic E-state index is 0.00606. The van der Waals surface area contributed by atoms with Crippen LogP contribution in [0.25, 0.3) is 0 Å². The number of methoxy groups -OCH3 is 1. The number of carbonyl (C=O) groups excluding carboxylic acids is 1. The molecule has 0 bridgehead atoms. The fourth-order valence-electron chi connectivity index (χ4n) is 3.06. The first-order chi connectivity index (χ1) is 8.59. The average Bonchev–Trinajstić information content (AvgIpc) is 2.88. The Kier molecular flexibility index (Phi) is 3.90. The summed E-state index contributed by atoms with van der Waals surface area (Å²) in [6.45, 7) is 0.875. The van der Waals surface area contributed by atoms with Crippen LogP contribution in [-0.2, 0) is 14.3 Å². The van der Waals surface area contributed by atoms with Gasteiger partial charge in [-0.2, -0.15) is 0 Å². The molecule has 2 rings (SSSR count). The SMILES string of the molecule is COC1(C(=O)N2CCC(C(=O)O)C2)CCCCC1. The third-order valence-corrected chi connectivity index (χ3v) is 4.27. The monoisotopic (exact) mass is 255 g/mol. The topological polar surface area (TPSA) is 66.8 Å². The van der Waals surface area contributed by atoms with Crippen molar-refractivity contribution in [3.63, 3.8) is 0 Å². The zero-order valence-corrected chi connectivity index (χ0v) is 10.9. The molecule has 1 heterocycles. The van der Waals surface area contributed by atoms with Crippen LogP contribution in [0.5, 0.6) is 0 Å². The summed E-state index contributed by atoms with van der Waals surface area (Å²) >= 11 is 0. The minimum Gasteiger partial charge on any atom is -0.481 e. The number of hydrogen-bond donors (Lipinski definition) is 1. The van der Waals surface area contributed by atoms with Crippen LogP contribution in [0.2, 0.25) is 0 Å². The van der Waals surface area contributed by atoms with Crippen LogP contribution in [0.4, 0.5) is 0 Å². The second-order valence-electron chi connectivity index (χ2n) is 5.33. The quantitative estimate of drug-likeness (QED) is 0.824. The number of carboxylic acid groups (broad SMARTS) is 1. The summed E-state index contributed by atoms with van der Waals surface area (Å²) in [5.74, 6) is -1.22. The maximum atomic E-state index is 12.5. The fourth-order valence-corrected chi connectivity index (χ4v) is 3.06. The number of amides is 1. The molecule has 2 fully saturated rings. The molecule has 1 aliphatic carbocycles. The molecular formula is C13H21NO4. The lowest BCUT2D eigenvalue weighted by molar-refractivity contribution is -0.158. The zero-order valence-electron chi connectivity index (χ0n) is 10.9. The van der Waals surface area contributed by atoms with Gasteiger partial charge in [-0.05, 0) is 19.3 Å². The van der Waals surface area contributed by atoms with Crippen molar-refractivity contribution in [2.75, 3.05) is 20.2 Å². The normalized spacial score (nSPS) is 27.2. The van der Waals surface area contributed by atoms with Crippen molar-refractivity contribution < 1.29 is 19.4 Å². The van der Waals surface area contributed by atoms with Crippen LogP contribution in [-0.4, -0.2) is 47.7 Å². The van der Waals surface area contributed by atoms with Gasteiger partial charge in [0, 0.05) is 20.2 Å². The van der Waals surface area contributed by atoms with E-state index < -0.39 is 17.5 Å². The van der Waals surface area contributed by atoms with Crippen molar-refractivity contribution in [2.45, 2.75) is 44.1 Å². The molecule has 0 aromatic heterocycles. The molecule has 1 saturated carbocycles. The van der Waals surface area contributed by atoms with Gasteiger partial charge in [0.05, 0.1) is 5.92 Å². The molecule has 5 heteroatoms. The molecule has 0 aromatic rings. The maximum Gasteiger partial charge on any atom is 0.308 e. The predicted molar refractivity (Wildman–Crippen MR) is 65.1 cm³/mol. The van der Waals surface area contributed by atoms with E-state index in [0.717, 1.165) is 32.1 Å². The highest BCUT2D eigenvalue weighted by molar-refractivity contribution is 5.86. The van der Waals surface area contributed by atoms with E-state index >= 15 is 0 Å². The summed E-state index contributed by atoms with van der Waals surface area (Å²) in [6.07, 6.45) is 5.25. The Balaban J connectivity index is 2.04. The lowest BCUT2D eigenvalue weighted by Gasteiger charge is -2.37. The van der Waals surface area contributed by atoms with Crippen molar-refractivity contribution in [3.8, 4) is 0 Å². The first-order valence-electron chi connectivity index (χ1n) is 6.66. The number of hydrogen-bond acceptors (Lipinski definition) is 3. The number of carboxylic acids is 1. The Morgan fingerprint density at radius 1 is 1.28 bits per heavy atom. The lowest BCUT2D eigenvalue weighted by Crippen LogP contribution is -2.50. The molecule has 0 radical (unpaired) electrons. The van der Waals surface area contributed by atoms with Gasteiger partial charge in [-0.3, -0.25) is 9.59 Å². The molecule has 0 aromatic carbocycles. The molecule has 2 aliphatic rings. The second-order valence-corrected chi connectivity index (χ2v) is 5.33. The third-order valence-electron chi connectivity index (χ3n) is 4.27. The van der Waals surface area contributed by atoms with Crippen molar-refractivity contribution in [1.82, 2.24) is 4.90 Å². The Hall–Kier alpha value is -1.10. The molecule has 5 nitrogen and oxygen atoms in total. The molecule has 102 valence electrons. The van der Waals surface area contributed by atoms with E-state index in [1.165, 1.54) is 0 Å². The highest BCUT2D eigenvalue weighted by Crippen LogP contribution is 2.34. The van der Waals surface area contributed by atoms with Crippen molar-refractivity contribution >= 4 is 11.9 Å². The molecule has 1 saturated heterocycles. The van der Waals surface area contributed by atoms with Gasteiger partial charge >= 0.3 is 5.97 Å². The van der Waals surface area contributed by atoms with Gasteiger partial charge in [-0.25, -0.2) is 0 Å². The Morgan fingerprint density at radius 3 is 2.44 bits per heavy atom. The summed E-state index contributed by atoms with van der Waals surface area (Å²) in [5.41, 5.74) is -0.689. The maximum absolute atomic E-state index is 12.5. The van der Waals surface area contributed by atoms with E-state index in [0.29, 0.717) is 19.5 Å². The van der Waals surface area contributed by atoms with Crippen LogP contribution in [0.1, 0.15) is 38.5 Å². The Labute approximate surface area is 107 Å². The van der Waals surface area contributed by atoms with Gasteiger partial charge < -0.3 is 14.7 Å². The molecule has 18 heavy (non-hydrogen) atoms. The average molecular weight is 255 g/mol. The summed E-state index contributed by atoms with van der Waals surface area (Å²) in [4.78, 5) is 25.1. The zero-order chi connectivity index (χ0) is 13.2. The number of aliphatic carboxylic acids is 1. The van der Waals surface area contributed by atoms with E-state index in [4.69, 9.17) is 9.84 Å². The van der Waals surface area contributed by atoms with E-state index in [9.17, 15) is 9.59 Å². The third kappa shape index (κ3) is 2.36. The molecule has 1 N–H and O–H groups in total. The first-order valence-corrected chi connectivity index (χ1v) is 6.66. The number of ether oxygens (including phenoxy) is 1. The van der Waals surface area contributed by atoms with Gasteiger partial charge in [0.1, 0.15) is 5.60 Å². The fraction of sp³-hybridized carbons (Fsp3) is 0.846. The number of nitrogens with zero attached hydrogens (tertiary/aromatic N) is 1. The Morgan fingerprint density at radius 2 is 1.94 bits per heavy atom. The van der Waals surface area contributed by atoms with E-state index in [1.807, 2.05) is 0 Å². The van der Waals surface area contributed by atoms with Crippen LogP contribution in [0.3, 0.4) is 0 Å². The largest absolute Gasteiger partial charge is 0.481 e. The highest BCUT2D eigenvalue weighted by atomic mass is 16.5. The van der Waals surface area contributed by atoms with E-state index in [-0.39, 0.29) is 5.91 Å². The van der Waals surface area contributed by atoms with Crippen LogP contribution in [0.15, 0.2) is 0 Å². The second kappa shape index (κ2) is 5.26. The summed E-state index contributed by atoms with van der Waals surface area (Å²) in [6, 6.07) is 0. The van der Waals surface area contributed by atoms with Crippen LogP contribution in [0, 0.1) is 5.92 Å². The number of rotatable bonds is 3. The number of carbonyl (C=O) groups is 2. The highest BCUT2D eigenvalue weighted by Gasteiger charge is 2.44. The standard InChI is InChI=1S/C13H21NO4/c1-18-13(6-3-2-4-7-13)12(17)14-8-5-10(9-14)11(15)16/h10H,2-9H2,1H3,(H,15,16). The van der Waals surface area contributed by atoms with Gasteiger partial charge in [0.15, 0.2) is 0 Å². The number of likely N-dealkylation sites (tertiary alicyclic amines) is 1. The van der Waals surface area contributed by atoms with E-state index in [2.05, 4.69) is 0 Å². The van der Waals surface area contributed by atoms with Crippen molar-refractivity contribution in [2.24, 2.45) is 5.92 Å². The van der Waals surface area contributed by atoms with Crippen molar-refractivity contribution in [3.05, 3.63) is 0 Å². The van der Waals surface area contributed by atoms with Crippen molar-refractivity contribution in [1.29, 1.82) is 0 Å². The van der Waals surface area contributed by atoms with E-state index in [1.54, 1.807) is 12.0 Å². The van der Waals surface area contributed by atoms with Crippen LogP contribution >= 0.6 is 0 Å². The molecule has 0 spiro atoms. The van der Waals surface area contributed by atoms with Gasteiger partial charge in [-0.15, -0.1) is 0 Å². The lowest BCUT2D eigenvalue weighted by atomic mass is 9.83. The van der Waals surface area contributed by atoms with Gasteiger partial charge in [0.2, 0.25) is 0 Å². The smallest absolute Gasteiger partial charge is 0.308 e. The Bertz CT molecular complexity index is 336. The van der Waals surface area contributed by atoms with Gasteiger partial charge in [-0.1, -0.05) is 19.3 Å². The first kappa shape index (κ1) is 13.3. The summed E-state index contributed by atoms with van der Waals surface area (Å²) < 4.78 is 5.51. The summed E-state index contributed by atoms with van der Waals surface area (Å²) in [5, 5.41) is 8.98. The molecule has 1 amide bonds. The molecule has 1 unspecified atom stereocenters. The predicted octanol–water partition coefficient (Wildman–Crippen LogP) is 1.27. The minimum atomic E-state index is -0.805. The molecular weight excluding hydrogens is 234 g/mol. The van der Waals surface area contributed by atoms with Gasteiger partial charge in [0.25, 0.3) is 5.91 Å². The summed E-state index contributed by atoms with van der Waals surface area (Å²) in [7, 11) is 1.59. The van der Waals surface area contributed by atoms with Crippen LogP contribution < -0.4 is 0 Å². The molecule has 1 atom stereocenters.